The first-order valence-corrected chi connectivity index (χ1v) is 9.49. The number of anilines is 1. The lowest BCUT2D eigenvalue weighted by molar-refractivity contribution is -0.137. The number of sulfonamides is 1. The summed E-state index contributed by atoms with van der Waals surface area (Å²) < 4.78 is 27.3. The molecular weight excluding hydrogens is 356 g/mol. The van der Waals surface area contributed by atoms with E-state index in [1.54, 1.807) is 30.3 Å². The molecule has 8 heteroatoms. The first-order chi connectivity index (χ1) is 12.4. The predicted octanol–water partition coefficient (Wildman–Crippen LogP) is 1.85. The Kier molecular flexibility index (Phi) is 5.06. The zero-order chi connectivity index (χ0) is 18.7. The van der Waals surface area contributed by atoms with E-state index in [0.717, 1.165) is 9.87 Å². The van der Waals surface area contributed by atoms with Crippen molar-refractivity contribution < 1.29 is 23.1 Å². The third-order valence-electron chi connectivity index (χ3n) is 4.12. The van der Waals surface area contributed by atoms with E-state index in [0.29, 0.717) is 11.3 Å². The highest BCUT2D eigenvalue weighted by molar-refractivity contribution is 7.89. The lowest BCUT2D eigenvalue weighted by Gasteiger charge is -2.22. The summed E-state index contributed by atoms with van der Waals surface area (Å²) in [7, 11) is -3.90. The summed E-state index contributed by atoms with van der Waals surface area (Å²) in [4.78, 5) is 22.5. The first kappa shape index (κ1) is 18.1. The Morgan fingerprint density at radius 1 is 1.15 bits per heavy atom. The molecule has 1 aliphatic heterocycles. The fourth-order valence-electron chi connectivity index (χ4n) is 2.81. The molecule has 26 heavy (non-hydrogen) atoms. The van der Waals surface area contributed by atoms with Gasteiger partial charge in [0.15, 0.2) is 0 Å². The van der Waals surface area contributed by atoms with E-state index in [4.69, 9.17) is 5.11 Å². The van der Waals surface area contributed by atoms with Crippen LogP contribution >= 0.6 is 0 Å². The molecule has 1 heterocycles. The highest BCUT2D eigenvalue weighted by Crippen LogP contribution is 2.28. The van der Waals surface area contributed by atoms with Gasteiger partial charge in [0.05, 0.1) is 17.7 Å². The minimum atomic E-state index is -3.90. The molecule has 7 nitrogen and oxygen atoms in total. The van der Waals surface area contributed by atoms with Crippen molar-refractivity contribution in [2.24, 2.45) is 0 Å². The average Bonchev–Trinajstić information content (AvgIpc) is 2.98. The SMILES string of the molecule is O=C(O)CCN(Cc1ccccc1)S(=O)(=O)c1ccc2c(c1)CC(=O)N2. The van der Waals surface area contributed by atoms with E-state index in [1.807, 2.05) is 6.07 Å². The van der Waals surface area contributed by atoms with E-state index >= 15 is 0 Å². The Bertz CT molecular complexity index is 941. The van der Waals surface area contributed by atoms with Gasteiger partial charge < -0.3 is 10.4 Å². The zero-order valence-electron chi connectivity index (χ0n) is 13.9. The molecule has 0 unspecified atom stereocenters. The number of carbonyl (C=O) groups is 2. The fourth-order valence-corrected chi connectivity index (χ4v) is 4.29. The third kappa shape index (κ3) is 3.92. The second kappa shape index (κ2) is 7.27. The van der Waals surface area contributed by atoms with Gasteiger partial charge in [-0.05, 0) is 29.3 Å². The molecule has 1 aliphatic rings. The zero-order valence-corrected chi connectivity index (χ0v) is 14.7. The molecule has 0 fully saturated rings. The van der Waals surface area contributed by atoms with Crippen molar-refractivity contribution in [1.82, 2.24) is 4.31 Å². The molecule has 2 aromatic carbocycles. The second-order valence-electron chi connectivity index (χ2n) is 6.01. The predicted molar refractivity (Wildman–Crippen MR) is 95.1 cm³/mol. The maximum atomic E-state index is 13.1. The van der Waals surface area contributed by atoms with E-state index < -0.39 is 16.0 Å². The van der Waals surface area contributed by atoms with Crippen LogP contribution in [-0.2, 0) is 32.6 Å². The molecule has 0 radical (unpaired) electrons. The molecule has 2 aromatic rings. The standard InChI is InChI=1S/C18H18N2O5S/c21-17-11-14-10-15(6-7-16(14)19-17)26(24,25)20(9-8-18(22)23)12-13-4-2-1-3-5-13/h1-7,10H,8-9,11-12H2,(H,19,21)(H,22,23). The summed E-state index contributed by atoms with van der Waals surface area (Å²) in [6.45, 7) is -0.0639. The molecule has 0 aromatic heterocycles. The molecule has 136 valence electrons. The van der Waals surface area contributed by atoms with Gasteiger partial charge in [0.1, 0.15) is 0 Å². The van der Waals surface area contributed by atoms with Crippen LogP contribution in [0.2, 0.25) is 0 Å². The number of amides is 1. The normalized spacial score (nSPS) is 13.5. The number of rotatable bonds is 7. The summed E-state index contributed by atoms with van der Waals surface area (Å²) >= 11 is 0. The molecular formula is C18H18N2O5S. The number of carboxylic acids is 1. The number of nitrogens with one attached hydrogen (secondary N) is 1. The lowest BCUT2D eigenvalue weighted by atomic mass is 10.2. The van der Waals surface area contributed by atoms with Crippen molar-refractivity contribution in [3.63, 3.8) is 0 Å². The van der Waals surface area contributed by atoms with Crippen molar-refractivity contribution in [2.75, 3.05) is 11.9 Å². The number of benzene rings is 2. The maximum absolute atomic E-state index is 13.1. The Morgan fingerprint density at radius 3 is 2.58 bits per heavy atom. The average molecular weight is 374 g/mol. The third-order valence-corrected chi connectivity index (χ3v) is 5.96. The van der Waals surface area contributed by atoms with Gasteiger partial charge >= 0.3 is 5.97 Å². The molecule has 0 bridgehead atoms. The number of hydrogen-bond acceptors (Lipinski definition) is 4. The smallest absolute Gasteiger partial charge is 0.304 e. The van der Waals surface area contributed by atoms with Crippen molar-refractivity contribution in [2.45, 2.75) is 24.3 Å². The second-order valence-corrected chi connectivity index (χ2v) is 7.95. The highest BCUT2D eigenvalue weighted by Gasteiger charge is 2.27. The molecule has 0 spiro atoms. The van der Waals surface area contributed by atoms with Crippen LogP contribution in [0, 0.1) is 0 Å². The number of carbonyl (C=O) groups excluding carboxylic acids is 1. The first-order valence-electron chi connectivity index (χ1n) is 8.05. The van der Waals surface area contributed by atoms with Crippen molar-refractivity contribution in [3.05, 3.63) is 59.7 Å². The molecule has 0 saturated heterocycles. The van der Waals surface area contributed by atoms with Crippen LogP contribution in [0.3, 0.4) is 0 Å². The topological polar surface area (TPSA) is 104 Å². The highest BCUT2D eigenvalue weighted by atomic mass is 32.2. The van der Waals surface area contributed by atoms with E-state index in [-0.39, 0.29) is 36.7 Å². The van der Waals surface area contributed by atoms with E-state index in [9.17, 15) is 18.0 Å². The van der Waals surface area contributed by atoms with E-state index in [1.165, 1.54) is 12.1 Å². The Labute approximate surface area is 151 Å². The van der Waals surface area contributed by atoms with Gasteiger partial charge in [0.25, 0.3) is 0 Å². The molecule has 0 saturated carbocycles. The molecule has 0 atom stereocenters. The van der Waals surface area contributed by atoms with Crippen LogP contribution in [0.5, 0.6) is 0 Å². The number of carboxylic acid groups (broad SMARTS) is 1. The molecule has 3 rings (SSSR count). The Balaban J connectivity index is 1.92. The van der Waals surface area contributed by atoms with Crippen LogP contribution < -0.4 is 5.32 Å². The Hall–Kier alpha value is -2.71. The summed E-state index contributed by atoms with van der Waals surface area (Å²) in [5.41, 5.74) is 1.99. The van der Waals surface area contributed by atoms with Crippen LogP contribution in [0.4, 0.5) is 5.69 Å². The molecule has 1 amide bonds. The van der Waals surface area contributed by atoms with Gasteiger partial charge in [-0.25, -0.2) is 8.42 Å². The lowest BCUT2D eigenvalue weighted by Crippen LogP contribution is -2.32. The van der Waals surface area contributed by atoms with E-state index in [2.05, 4.69) is 5.32 Å². The van der Waals surface area contributed by atoms with Crippen molar-refractivity contribution >= 4 is 27.6 Å². The molecule has 2 N–H and O–H groups in total. The van der Waals surface area contributed by atoms with Crippen LogP contribution in [0.15, 0.2) is 53.4 Å². The quantitative estimate of drug-likeness (QED) is 0.770. The number of aliphatic carboxylic acids is 1. The Morgan fingerprint density at radius 2 is 1.88 bits per heavy atom. The van der Waals surface area contributed by atoms with Crippen LogP contribution in [0.1, 0.15) is 17.5 Å². The van der Waals surface area contributed by atoms with Crippen LogP contribution in [0.25, 0.3) is 0 Å². The summed E-state index contributed by atoms with van der Waals surface area (Å²) in [5.74, 6) is -1.25. The van der Waals surface area contributed by atoms with Crippen LogP contribution in [-0.4, -0.2) is 36.3 Å². The summed E-state index contributed by atoms with van der Waals surface area (Å²) in [6, 6.07) is 13.5. The van der Waals surface area contributed by atoms with Gasteiger partial charge in [-0.3, -0.25) is 9.59 Å². The maximum Gasteiger partial charge on any atom is 0.304 e. The van der Waals surface area contributed by atoms with Crippen molar-refractivity contribution in [3.8, 4) is 0 Å². The monoisotopic (exact) mass is 374 g/mol. The summed E-state index contributed by atoms with van der Waals surface area (Å²) in [6.07, 6.45) is -0.163. The van der Waals surface area contributed by atoms with Gasteiger partial charge in [0.2, 0.25) is 15.9 Å². The van der Waals surface area contributed by atoms with Gasteiger partial charge in [-0.1, -0.05) is 30.3 Å². The van der Waals surface area contributed by atoms with Crippen molar-refractivity contribution in [1.29, 1.82) is 0 Å². The summed E-state index contributed by atoms with van der Waals surface area (Å²) in [5, 5.41) is 11.6. The molecule has 0 aliphatic carbocycles. The number of fused-ring (bicyclic) bond motifs is 1. The minimum Gasteiger partial charge on any atom is -0.481 e. The largest absolute Gasteiger partial charge is 0.481 e. The van der Waals surface area contributed by atoms with Gasteiger partial charge in [-0.2, -0.15) is 4.31 Å². The fraction of sp³-hybridized carbons (Fsp3) is 0.222. The number of nitrogens with zero attached hydrogens (tertiary/aromatic N) is 1. The minimum absolute atomic E-state index is 0.0501. The number of hydrogen-bond donors (Lipinski definition) is 2. The van der Waals surface area contributed by atoms with Gasteiger partial charge in [-0.15, -0.1) is 0 Å². The van der Waals surface area contributed by atoms with Gasteiger partial charge in [0, 0.05) is 18.8 Å².